The molecule has 3 aromatic carbocycles. The predicted octanol–water partition coefficient (Wildman–Crippen LogP) is 5.62. The molecule has 1 amide bonds. The minimum Gasteiger partial charge on any atom is -0.456 e. The molecule has 1 aliphatic rings. The fraction of sp³-hybridized carbons (Fsp3) is 0.130. The number of fused-ring (bicyclic) bond motifs is 3. The van der Waals surface area contributed by atoms with E-state index in [1.807, 2.05) is 67.6 Å². The number of amides is 1. The quantitative estimate of drug-likeness (QED) is 0.482. The Morgan fingerprint density at radius 3 is 2.62 bits per heavy atom. The maximum absolute atomic E-state index is 13.1. The van der Waals surface area contributed by atoms with Gasteiger partial charge in [-0.1, -0.05) is 53.2 Å². The number of furan rings is 1. The van der Waals surface area contributed by atoms with Gasteiger partial charge in [0, 0.05) is 33.1 Å². The molecule has 5 nitrogen and oxygen atoms in total. The lowest BCUT2D eigenvalue weighted by molar-refractivity contribution is -0.120. The van der Waals surface area contributed by atoms with Gasteiger partial charge in [0.05, 0.1) is 0 Å². The molecule has 0 bridgehead atoms. The van der Waals surface area contributed by atoms with Gasteiger partial charge in [-0.15, -0.1) is 0 Å². The monoisotopic (exact) mass is 404 g/mol. The highest BCUT2D eigenvalue weighted by atomic mass is 35.5. The molecule has 29 heavy (non-hydrogen) atoms. The third kappa shape index (κ3) is 3.04. The molecule has 0 spiro atoms. The summed E-state index contributed by atoms with van der Waals surface area (Å²) in [5, 5.41) is 9.68. The summed E-state index contributed by atoms with van der Waals surface area (Å²) < 4.78 is 5.91. The lowest BCUT2D eigenvalue weighted by atomic mass is 9.92. The molecule has 0 radical (unpaired) electrons. The highest BCUT2D eigenvalue weighted by Crippen LogP contribution is 2.32. The molecule has 0 aliphatic carbocycles. The van der Waals surface area contributed by atoms with E-state index in [-0.39, 0.29) is 5.91 Å². The number of carbonyl (C=O) groups is 1. The van der Waals surface area contributed by atoms with Gasteiger partial charge in [0.2, 0.25) is 5.91 Å². The summed E-state index contributed by atoms with van der Waals surface area (Å²) in [7, 11) is 0. The summed E-state index contributed by atoms with van der Waals surface area (Å²) in [5.41, 5.74) is 3.42. The maximum Gasteiger partial charge on any atom is 0.237 e. The second-order valence-electron chi connectivity index (χ2n) is 7.04. The number of nitrogens with one attached hydrogen (secondary N) is 1. The number of halogens is 1. The fourth-order valence-corrected chi connectivity index (χ4v) is 3.96. The SMILES string of the molecule is C[C@@H]1ON=C(c2ccccc2Cl)[C@@H]1C(=O)Nc1ccc2c(c1)oc1ccccc12. The Bertz CT molecular complexity index is 1280. The summed E-state index contributed by atoms with van der Waals surface area (Å²) >= 11 is 6.31. The smallest absolute Gasteiger partial charge is 0.237 e. The highest BCUT2D eigenvalue weighted by Gasteiger charge is 2.38. The van der Waals surface area contributed by atoms with Gasteiger partial charge >= 0.3 is 0 Å². The van der Waals surface area contributed by atoms with Crippen molar-refractivity contribution in [1.29, 1.82) is 0 Å². The van der Waals surface area contributed by atoms with Crippen molar-refractivity contribution in [2.45, 2.75) is 13.0 Å². The van der Waals surface area contributed by atoms with Crippen LogP contribution in [0.3, 0.4) is 0 Å². The number of rotatable bonds is 3. The van der Waals surface area contributed by atoms with E-state index in [0.29, 0.717) is 22.0 Å². The van der Waals surface area contributed by atoms with E-state index in [1.54, 1.807) is 6.07 Å². The topological polar surface area (TPSA) is 63.8 Å². The van der Waals surface area contributed by atoms with Crippen LogP contribution in [0.15, 0.2) is 76.3 Å². The molecule has 1 aliphatic heterocycles. The van der Waals surface area contributed by atoms with Crippen molar-refractivity contribution in [2.75, 3.05) is 5.32 Å². The molecule has 1 N–H and O–H groups in total. The molecule has 0 unspecified atom stereocenters. The zero-order valence-corrected chi connectivity index (χ0v) is 16.3. The number of hydrogen-bond acceptors (Lipinski definition) is 4. The van der Waals surface area contributed by atoms with Gasteiger partial charge in [-0.05, 0) is 31.2 Å². The van der Waals surface area contributed by atoms with Crippen molar-refractivity contribution < 1.29 is 14.0 Å². The molecular weight excluding hydrogens is 388 g/mol. The molecule has 0 saturated heterocycles. The van der Waals surface area contributed by atoms with Crippen LogP contribution in [0.5, 0.6) is 0 Å². The van der Waals surface area contributed by atoms with E-state index in [4.69, 9.17) is 20.9 Å². The molecule has 4 aromatic rings. The number of oxime groups is 1. The minimum atomic E-state index is -0.568. The third-order valence-electron chi connectivity index (χ3n) is 5.16. The summed E-state index contributed by atoms with van der Waals surface area (Å²) in [6, 6.07) is 20.8. The molecule has 0 fully saturated rings. The summed E-state index contributed by atoms with van der Waals surface area (Å²) in [5.74, 6) is -0.773. The molecule has 2 atom stereocenters. The number of para-hydroxylation sites is 1. The maximum atomic E-state index is 13.1. The number of benzene rings is 3. The molecule has 0 saturated carbocycles. The second kappa shape index (κ2) is 6.94. The Balaban J connectivity index is 1.45. The average Bonchev–Trinajstić information content (AvgIpc) is 3.28. The lowest BCUT2D eigenvalue weighted by Crippen LogP contribution is -2.34. The number of hydrogen-bond donors (Lipinski definition) is 1. The zero-order chi connectivity index (χ0) is 20.0. The molecule has 6 heteroatoms. The Hall–Kier alpha value is -3.31. The van der Waals surface area contributed by atoms with Gasteiger partial charge in [0.15, 0.2) is 0 Å². The van der Waals surface area contributed by atoms with Crippen LogP contribution >= 0.6 is 11.6 Å². The van der Waals surface area contributed by atoms with E-state index in [9.17, 15) is 4.79 Å². The van der Waals surface area contributed by atoms with Crippen LogP contribution in [0.2, 0.25) is 5.02 Å². The normalized spacial score (nSPS) is 18.6. The van der Waals surface area contributed by atoms with Gasteiger partial charge in [0.25, 0.3) is 0 Å². The molecule has 144 valence electrons. The number of anilines is 1. The van der Waals surface area contributed by atoms with E-state index >= 15 is 0 Å². The van der Waals surface area contributed by atoms with Crippen LogP contribution in [-0.2, 0) is 9.63 Å². The van der Waals surface area contributed by atoms with Crippen molar-refractivity contribution in [1.82, 2.24) is 0 Å². The van der Waals surface area contributed by atoms with E-state index in [2.05, 4.69) is 10.5 Å². The standard InChI is InChI=1S/C23H17ClN2O3/c1-13-21(22(26-29-13)17-7-2-4-8-18(17)24)23(27)25-14-10-11-16-15-6-3-5-9-19(15)28-20(16)12-14/h2-13,21H,1H3,(H,25,27)/t13-,21+/m0/s1. The Labute approximate surface area is 171 Å². The van der Waals surface area contributed by atoms with Crippen molar-refractivity contribution in [3.05, 3.63) is 77.3 Å². The molecular formula is C23H17ClN2O3. The molecule has 5 rings (SSSR count). The number of nitrogens with zero attached hydrogens (tertiary/aromatic N) is 1. The van der Waals surface area contributed by atoms with Crippen LogP contribution in [0.1, 0.15) is 12.5 Å². The second-order valence-corrected chi connectivity index (χ2v) is 7.45. The van der Waals surface area contributed by atoms with Gasteiger partial charge < -0.3 is 14.6 Å². The molecule has 2 heterocycles. The first-order chi connectivity index (χ1) is 14.1. The predicted molar refractivity (Wildman–Crippen MR) is 114 cm³/mol. The van der Waals surface area contributed by atoms with Crippen LogP contribution in [0.25, 0.3) is 21.9 Å². The highest BCUT2D eigenvalue weighted by molar-refractivity contribution is 6.35. The zero-order valence-electron chi connectivity index (χ0n) is 15.6. The van der Waals surface area contributed by atoms with Crippen LogP contribution in [0, 0.1) is 5.92 Å². The first-order valence-electron chi connectivity index (χ1n) is 9.32. The van der Waals surface area contributed by atoms with Crippen molar-refractivity contribution >= 4 is 50.8 Å². The van der Waals surface area contributed by atoms with Crippen LogP contribution < -0.4 is 5.32 Å². The Kier molecular flexibility index (Phi) is 4.25. The third-order valence-corrected chi connectivity index (χ3v) is 5.49. The van der Waals surface area contributed by atoms with Crippen molar-refractivity contribution in [3.8, 4) is 0 Å². The molecule has 1 aromatic heterocycles. The van der Waals surface area contributed by atoms with E-state index in [1.165, 1.54) is 0 Å². The average molecular weight is 405 g/mol. The van der Waals surface area contributed by atoms with E-state index in [0.717, 1.165) is 21.9 Å². The number of carbonyl (C=O) groups excluding carboxylic acids is 1. The Morgan fingerprint density at radius 1 is 1.00 bits per heavy atom. The summed E-state index contributed by atoms with van der Waals surface area (Å²) in [6.45, 7) is 1.82. The minimum absolute atomic E-state index is 0.205. The fourth-order valence-electron chi connectivity index (χ4n) is 3.73. The van der Waals surface area contributed by atoms with Crippen LogP contribution in [0.4, 0.5) is 5.69 Å². The van der Waals surface area contributed by atoms with E-state index < -0.39 is 12.0 Å². The van der Waals surface area contributed by atoms with Gasteiger partial charge in [-0.25, -0.2) is 0 Å². The first-order valence-corrected chi connectivity index (χ1v) is 9.70. The lowest BCUT2D eigenvalue weighted by Gasteiger charge is -2.16. The van der Waals surface area contributed by atoms with Crippen molar-refractivity contribution in [3.63, 3.8) is 0 Å². The van der Waals surface area contributed by atoms with Crippen molar-refractivity contribution in [2.24, 2.45) is 11.1 Å². The van der Waals surface area contributed by atoms with Gasteiger partial charge in [-0.2, -0.15) is 0 Å². The summed E-state index contributed by atoms with van der Waals surface area (Å²) in [4.78, 5) is 18.5. The first kappa shape index (κ1) is 17.8. The Morgan fingerprint density at radius 2 is 1.76 bits per heavy atom. The van der Waals surface area contributed by atoms with Gasteiger partial charge in [0.1, 0.15) is 28.9 Å². The van der Waals surface area contributed by atoms with Gasteiger partial charge in [-0.3, -0.25) is 4.79 Å². The summed E-state index contributed by atoms with van der Waals surface area (Å²) in [6.07, 6.45) is -0.392. The largest absolute Gasteiger partial charge is 0.456 e. The van der Waals surface area contributed by atoms with Crippen LogP contribution in [-0.4, -0.2) is 17.7 Å².